The van der Waals surface area contributed by atoms with Crippen molar-refractivity contribution < 1.29 is 14.3 Å². The quantitative estimate of drug-likeness (QED) is 0.689. The van der Waals surface area contributed by atoms with Gasteiger partial charge in [-0.15, -0.1) is 0 Å². The molecule has 17 heavy (non-hydrogen) atoms. The van der Waals surface area contributed by atoms with Gasteiger partial charge in [-0.1, -0.05) is 6.07 Å². The third kappa shape index (κ3) is 2.39. The zero-order valence-electron chi connectivity index (χ0n) is 9.37. The van der Waals surface area contributed by atoms with Gasteiger partial charge in [0.05, 0.1) is 16.9 Å². The second-order valence-electron chi connectivity index (χ2n) is 4.46. The molecule has 92 valence electrons. The normalized spacial score (nSPS) is 17.3. The van der Waals surface area contributed by atoms with E-state index in [0.717, 1.165) is 6.42 Å². The van der Waals surface area contributed by atoms with Gasteiger partial charge in [0, 0.05) is 6.54 Å². The largest absolute Gasteiger partial charge is 0.396 e. The van der Waals surface area contributed by atoms with Crippen LogP contribution in [0.3, 0.4) is 0 Å². The molecule has 1 aromatic rings. The molecule has 0 heterocycles. The van der Waals surface area contributed by atoms with E-state index in [1.165, 1.54) is 18.2 Å². The zero-order valence-corrected chi connectivity index (χ0v) is 9.37. The van der Waals surface area contributed by atoms with E-state index in [-0.39, 0.29) is 17.8 Å². The molecular formula is C12H15FN2O2. The summed E-state index contributed by atoms with van der Waals surface area (Å²) in [7, 11) is 0. The van der Waals surface area contributed by atoms with E-state index >= 15 is 0 Å². The number of hydrogen-bond acceptors (Lipinski definition) is 3. The first kappa shape index (κ1) is 11.9. The van der Waals surface area contributed by atoms with E-state index in [9.17, 15) is 14.3 Å². The molecular weight excluding hydrogens is 223 g/mol. The van der Waals surface area contributed by atoms with Crippen LogP contribution in [-0.2, 0) is 0 Å². The number of aliphatic hydroxyl groups is 1. The first-order valence-corrected chi connectivity index (χ1v) is 5.56. The number of halogens is 1. The highest BCUT2D eigenvalue weighted by molar-refractivity contribution is 5.99. The van der Waals surface area contributed by atoms with Crippen LogP contribution in [0.1, 0.15) is 29.6 Å². The van der Waals surface area contributed by atoms with Crippen LogP contribution < -0.4 is 11.1 Å². The maximum absolute atomic E-state index is 13.1. The third-order valence-electron chi connectivity index (χ3n) is 3.16. The summed E-state index contributed by atoms with van der Waals surface area (Å²) in [5.74, 6) is -1.07. The molecule has 1 saturated carbocycles. The number of anilines is 1. The van der Waals surface area contributed by atoms with Gasteiger partial charge in [-0.25, -0.2) is 4.39 Å². The molecule has 2 rings (SSSR count). The highest BCUT2D eigenvalue weighted by Gasteiger charge is 2.34. The Morgan fingerprint density at radius 3 is 2.82 bits per heavy atom. The molecule has 0 atom stereocenters. The van der Waals surface area contributed by atoms with Gasteiger partial charge in [-0.05, 0) is 31.4 Å². The molecule has 1 fully saturated rings. The van der Waals surface area contributed by atoms with E-state index < -0.39 is 17.3 Å². The van der Waals surface area contributed by atoms with E-state index in [2.05, 4.69) is 5.32 Å². The average molecular weight is 238 g/mol. The first-order valence-electron chi connectivity index (χ1n) is 5.56. The lowest BCUT2D eigenvalue weighted by atomic mass is 9.80. The van der Waals surface area contributed by atoms with Crippen LogP contribution in [0.2, 0.25) is 0 Å². The number of amides is 1. The fourth-order valence-electron chi connectivity index (χ4n) is 1.84. The van der Waals surface area contributed by atoms with E-state index in [1.54, 1.807) is 0 Å². The Morgan fingerprint density at radius 2 is 2.24 bits per heavy atom. The van der Waals surface area contributed by atoms with Gasteiger partial charge < -0.3 is 16.2 Å². The standard InChI is InChI=1S/C12H15FN2O2/c13-9-4-1-3-8(10(9)14)11(16)15-7-12(17)5-2-6-12/h1,3-4,17H,2,5-7,14H2,(H,15,16). The minimum atomic E-state index is -0.794. The summed E-state index contributed by atoms with van der Waals surface area (Å²) in [4.78, 5) is 11.7. The maximum atomic E-state index is 13.1. The number of carbonyl (C=O) groups excluding carboxylic acids is 1. The van der Waals surface area contributed by atoms with E-state index in [0.29, 0.717) is 12.8 Å². The fourth-order valence-corrected chi connectivity index (χ4v) is 1.84. The summed E-state index contributed by atoms with van der Waals surface area (Å²) in [6.07, 6.45) is 2.34. The Balaban J connectivity index is 2.02. The Labute approximate surface area is 98.6 Å². The monoisotopic (exact) mass is 238 g/mol. The number of hydrogen-bond donors (Lipinski definition) is 3. The lowest BCUT2D eigenvalue weighted by Gasteiger charge is -2.36. The minimum Gasteiger partial charge on any atom is -0.396 e. The van der Waals surface area contributed by atoms with Crippen molar-refractivity contribution in [3.05, 3.63) is 29.6 Å². The number of carbonyl (C=O) groups is 1. The van der Waals surface area contributed by atoms with Crippen LogP contribution in [0.15, 0.2) is 18.2 Å². The number of benzene rings is 1. The molecule has 1 aromatic carbocycles. The van der Waals surface area contributed by atoms with Crippen LogP contribution >= 0.6 is 0 Å². The average Bonchev–Trinajstić information content (AvgIpc) is 2.27. The second-order valence-corrected chi connectivity index (χ2v) is 4.46. The van der Waals surface area contributed by atoms with Crippen molar-refractivity contribution >= 4 is 11.6 Å². The predicted molar refractivity (Wildman–Crippen MR) is 61.9 cm³/mol. The molecule has 5 heteroatoms. The van der Waals surface area contributed by atoms with Gasteiger partial charge >= 0.3 is 0 Å². The number of nitrogen functional groups attached to an aromatic ring is 1. The van der Waals surface area contributed by atoms with Crippen molar-refractivity contribution in [2.45, 2.75) is 24.9 Å². The molecule has 4 N–H and O–H groups in total. The van der Waals surface area contributed by atoms with E-state index in [1.807, 2.05) is 0 Å². The Hall–Kier alpha value is -1.62. The van der Waals surface area contributed by atoms with Crippen molar-refractivity contribution in [3.8, 4) is 0 Å². The minimum absolute atomic E-state index is 0.105. The molecule has 1 aliphatic carbocycles. The molecule has 0 unspecified atom stereocenters. The smallest absolute Gasteiger partial charge is 0.253 e. The van der Waals surface area contributed by atoms with Crippen LogP contribution in [-0.4, -0.2) is 23.2 Å². The van der Waals surface area contributed by atoms with Gasteiger partial charge in [0.1, 0.15) is 5.82 Å². The second kappa shape index (κ2) is 4.33. The van der Waals surface area contributed by atoms with Gasteiger partial charge in [0.2, 0.25) is 0 Å². The summed E-state index contributed by atoms with van der Waals surface area (Å²) >= 11 is 0. The number of para-hydroxylation sites is 1. The number of nitrogens with one attached hydrogen (secondary N) is 1. The molecule has 0 aliphatic heterocycles. The Bertz CT molecular complexity index is 444. The van der Waals surface area contributed by atoms with Crippen molar-refractivity contribution in [2.24, 2.45) is 0 Å². The topological polar surface area (TPSA) is 75.4 Å². The predicted octanol–water partition coefficient (Wildman–Crippen LogP) is 1.05. The summed E-state index contributed by atoms with van der Waals surface area (Å²) in [5, 5.41) is 12.4. The van der Waals surface area contributed by atoms with Gasteiger partial charge in [0.15, 0.2) is 0 Å². The molecule has 4 nitrogen and oxygen atoms in total. The number of nitrogens with two attached hydrogens (primary N) is 1. The molecule has 0 radical (unpaired) electrons. The van der Waals surface area contributed by atoms with Gasteiger partial charge in [-0.2, -0.15) is 0 Å². The van der Waals surface area contributed by atoms with Crippen molar-refractivity contribution in [3.63, 3.8) is 0 Å². The van der Waals surface area contributed by atoms with Gasteiger partial charge in [0.25, 0.3) is 5.91 Å². The molecule has 1 amide bonds. The van der Waals surface area contributed by atoms with Crippen molar-refractivity contribution in [1.29, 1.82) is 0 Å². The summed E-state index contributed by atoms with van der Waals surface area (Å²) in [5.41, 5.74) is 4.62. The molecule has 0 aromatic heterocycles. The highest BCUT2D eigenvalue weighted by Crippen LogP contribution is 2.30. The highest BCUT2D eigenvalue weighted by atomic mass is 19.1. The van der Waals surface area contributed by atoms with Gasteiger partial charge in [-0.3, -0.25) is 4.79 Å². The van der Waals surface area contributed by atoms with Crippen LogP contribution in [0.4, 0.5) is 10.1 Å². The summed E-state index contributed by atoms with van der Waals surface area (Å²) in [6, 6.07) is 4.09. The van der Waals surface area contributed by atoms with Crippen LogP contribution in [0.5, 0.6) is 0 Å². The van der Waals surface area contributed by atoms with Crippen molar-refractivity contribution in [2.75, 3.05) is 12.3 Å². The van der Waals surface area contributed by atoms with Crippen LogP contribution in [0.25, 0.3) is 0 Å². The number of rotatable bonds is 3. The van der Waals surface area contributed by atoms with Crippen LogP contribution in [0, 0.1) is 5.82 Å². The SMILES string of the molecule is Nc1c(F)cccc1C(=O)NCC1(O)CCC1. The Morgan fingerprint density at radius 1 is 1.53 bits per heavy atom. The summed E-state index contributed by atoms with van der Waals surface area (Å²) < 4.78 is 13.1. The molecule has 0 spiro atoms. The zero-order chi connectivity index (χ0) is 12.5. The molecule has 1 aliphatic rings. The first-order chi connectivity index (χ1) is 8.02. The van der Waals surface area contributed by atoms with Crippen molar-refractivity contribution in [1.82, 2.24) is 5.32 Å². The fraction of sp³-hybridized carbons (Fsp3) is 0.417. The molecule has 0 bridgehead atoms. The maximum Gasteiger partial charge on any atom is 0.253 e. The summed E-state index contributed by atoms with van der Waals surface area (Å²) in [6.45, 7) is 0.182. The Kier molecular flexibility index (Phi) is 3.02. The van der Waals surface area contributed by atoms with E-state index in [4.69, 9.17) is 5.73 Å². The third-order valence-corrected chi connectivity index (χ3v) is 3.16. The molecule has 0 saturated heterocycles. The lowest BCUT2D eigenvalue weighted by Crippen LogP contribution is -2.47. The lowest BCUT2D eigenvalue weighted by molar-refractivity contribution is -0.0300.